The van der Waals surface area contributed by atoms with Crippen LogP contribution in [0.4, 0.5) is 8.78 Å². The van der Waals surface area contributed by atoms with Crippen LogP contribution < -0.4 is 10.1 Å². The summed E-state index contributed by atoms with van der Waals surface area (Å²) in [6.45, 7) is -0.934. The molecule has 2 aromatic rings. The van der Waals surface area contributed by atoms with E-state index in [9.17, 15) is 13.6 Å². The molecule has 5 nitrogen and oxygen atoms in total. The van der Waals surface area contributed by atoms with Crippen molar-refractivity contribution < 1.29 is 18.3 Å². The summed E-state index contributed by atoms with van der Waals surface area (Å²) in [5.41, 5.74) is 1.60. The Kier molecular flexibility index (Phi) is 4.97. The molecule has 0 saturated heterocycles. The molecule has 1 heterocycles. The number of halogens is 3. The normalized spacial score (nSPS) is 10.8. The molecular formula is C14H14ClF2N3O2. The molecule has 0 unspecified atom stereocenters. The van der Waals surface area contributed by atoms with E-state index in [2.05, 4.69) is 15.2 Å². The fraction of sp³-hybridized carbons (Fsp3) is 0.286. The Hall–Kier alpha value is -2.15. The van der Waals surface area contributed by atoms with Crippen molar-refractivity contribution in [1.29, 1.82) is 0 Å². The molecule has 0 aliphatic heterocycles. The van der Waals surface area contributed by atoms with Crippen molar-refractivity contribution in [2.24, 2.45) is 7.05 Å². The van der Waals surface area contributed by atoms with Gasteiger partial charge in [-0.05, 0) is 24.6 Å². The number of rotatable bonds is 5. The smallest absolute Gasteiger partial charge is 0.387 e. The highest BCUT2D eigenvalue weighted by Gasteiger charge is 2.18. The van der Waals surface area contributed by atoms with Gasteiger partial charge in [-0.2, -0.15) is 13.9 Å². The summed E-state index contributed by atoms with van der Waals surface area (Å²) in [6, 6.07) is 6.01. The van der Waals surface area contributed by atoms with E-state index < -0.39 is 6.61 Å². The van der Waals surface area contributed by atoms with Crippen molar-refractivity contribution in [3.8, 4) is 5.75 Å². The number of hydrogen-bond donors (Lipinski definition) is 1. The number of aromatic nitrogens is 2. The average Bonchev–Trinajstić information content (AvgIpc) is 2.70. The zero-order valence-electron chi connectivity index (χ0n) is 11.9. The second kappa shape index (κ2) is 6.74. The Balaban J connectivity index is 1.99. The van der Waals surface area contributed by atoms with E-state index in [1.807, 2.05) is 0 Å². The molecule has 0 aliphatic carbocycles. The topological polar surface area (TPSA) is 56.2 Å². The maximum absolute atomic E-state index is 12.1. The maximum atomic E-state index is 12.1. The molecule has 0 atom stereocenters. The third-order valence-corrected chi connectivity index (χ3v) is 3.41. The minimum Gasteiger partial charge on any atom is -0.435 e. The predicted octanol–water partition coefficient (Wildman–Crippen LogP) is 2.91. The predicted molar refractivity (Wildman–Crippen MR) is 77.2 cm³/mol. The summed E-state index contributed by atoms with van der Waals surface area (Å²) < 4.78 is 29.7. The van der Waals surface area contributed by atoms with Crippen molar-refractivity contribution in [3.63, 3.8) is 0 Å². The zero-order valence-corrected chi connectivity index (χ0v) is 12.7. The number of alkyl halides is 2. The van der Waals surface area contributed by atoms with Crippen molar-refractivity contribution in [2.45, 2.75) is 20.1 Å². The molecule has 118 valence electrons. The Morgan fingerprint density at radius 3 is 2.55 bits per heavy atom. The summed E-state index contributed by atoms with van der Waals surface area (Å²) in [4.78, 5) is 12.1. The van der Waals surface area contributed by atoms with Crippen LogP contribution in [0.1, 0.15) is 21.6 Å². The number of benzene rings is 1. The van der Waals surface area contributed by atoms with Gasteiger partial charge in [0, 0.05) is 13.6 Å². The van der Waals surface area contributed by atoms with E-state index in [0.717, 1.165) is 5.56 Å². The molecule has 2 rings (SSSR count). The molecule has 0 aliphatic rings. The Labute approximate surface area is 130 Å². The van der Waals surface area contributed by atoms with Gasteiger partial charge in [0.1, 0.15) is 10.9 Å². The van der Waals surface area contributed by atoms with Crippen LogP contribution in [0.15, 0.2) is 24.3 Å². The van der Waals surface area contributed by atoms with Crippen molar-refractivity contribution in [2.75, 3.05) is 0 Å². The van der Waals surface area contributed by atoms with Gasteiger partial charge < -0.3 is 10.1 Å². The Morgan fingerprint density at radius 1 is 1.41 bits per heavy atom. The molecule has 22 heavy (non-hydrogen) atoms. The minimum atomic E-state index is -2.86. The number of aryl methyl sites for hydroxylation is 2. The second-order valence-electron chi connectivity index (χ2n) is 4.58. The third-order valence-electron chi connectivity index (χ3n) is 2.98. The summed E-state index contributed by atoms with van der Waals surface area (Å²) in [7, 11) is 1.65. The average molecular weight is 330 g/mol. The molecule has 0 bridgehead atoms. The molecule has 1 N–H and O–H groups in total. The number of carbonyl (C=O) groups excluding carboxylic acids is 1. The highest BCUT2D eigenvalue weighted by atomic mass is 35.5. The van der Waals surface area contributed by atoms with Gasteiger partial charge in [0.25, 0.3) is 5.91 Å². The van der Waals surface area contributed by atoms with Gasteiger partial charge in [-0.15, -0.1) is 0 Å². The number of nitrogens with one attached hydrogen (secondary N) is 1. The SMILES string of the molecule is Cc1nn(C)c(Cl)c1C(=O)NCc1ccc(OC(F)F)cc1. The number of hydrogen-bond acceptors (Lipinski definition) is 3. The van der Waals surface area contributed by atoms with Gasteiger partial charge >= 0.3 is 6.61 Å². The number of nitrogens with zero attached hydrogens (tertiary/aromatic N) is 2. The fourth-order valence-corrected chi connectivity index (χ4v) is 2.21. The van der Waals surface area contributed by atoms with Crippen LogP contribution in [0.5, 0.6) is 5.75 Å². The van der Waals surface area contributed by atoms with Crippen LogP contribution in [0.3, 0.4) is 0 Å². The van der Waals surface area contributed by atoms with E-state index in [1.165, 1.54) is 16.8 Å². The summed E-state index contributed by atoms with van der Waals surface area (Å²) in [5.74, 6) is -0.278. The highest BCUT2D eigenvalue weighted by molar-refractivity contribution is 6.33. The van der Waals surface area contributed by atoms with Gasteiger partial charge in [-0.1, -0.05) is 23.7 Å². The van der Waals surface area contributed by atoms with Crippen molar-refractivity contribution in [1.82, 2.24) is 15.1 Å². The summed E-state index contributed by atoms with van der Waals surface area (Å²) in [6.07, 6.45) is 0. The lowest BCUT2D eigenvalue weighted by Gasteiger charge is -2.07. The lowest BCUT2D eigenvalue weighted by molar-refractivity contribution is -0.0498. The van der Waals surface area contributed by atoms with Gasteiger partial charge in [0.2, 0.25) is 0 Å². The first-order valence-electron chi connectivity index (χ1n) is 6.39. The van der Waals surface area contributed by atoms with Crippen LogP contribution in [-0.2, 0) is 13.6 Å². The van der Waals surface area contributed by atoms with Gasteiger partial charge in [0.05, 0.1) is 11.3 Å². The minimum absolute atomic E-state index is 0.0659. The molecule has 1 aromatic heterocycles. The molecule has 0 saturated carbocycles. The highest BCUT2D eigenvalue weighted by Crippen LogP contribution is 2.19. The molecule has 0 radical (unpaired) electrons. The molecule has 0 spiro atoms. The van der Waals surface area contributed by atoms with E-state index in [4.69, 9.17) is 11.6 Å². The molecule has 1 aromatic carbocycles. The largest absolute Gasteiger partial charge is 0.435 e. The first-order chi connectivity index (χ1) is 10.4. The first kappa shape index (κ1) is 16.2. The van der Waals surface area contributed by atoms with Gasteiger partial charge in [0.15, 0.2) is 0 Å². The van der Waals surface area contributed by atoms with Crippen molar-refractivity contribution in [3.05, 3.63) is 46.2 Å². The zero-order chi connectivity index (χ0) is 16.3. The van der Waals surface area contributed by atoms with Crippen LogP contribution >= 0.6 is 11.6 Å². The van der Waals surface area contributed by atoms with Gasteiger partial charge in [-0.3, -0.25) is 9.48 Å². The molecule has 0 fully saturated rings. The monoisotopic (exact) mass is 329 g/mol. The van der Waals surface area contributed by atoms with E-state index in [1.54, 1.807) is 26.1 Å². The molecule has 1 amide bonds. The maximum Gasteiger partial charge on any atom is 0.387 e. The number of ether oxygens (including phenoxy) is 1. The van der Waals surface area contributed by atoms with Crippen LogP contribution in [-0.4, -0.2) is 22.3 Å². The molecule has 8 heteroatoms. The quantitative estimate of drug-likeness (QED) is 0.917. The number of carbonyl (C=O) groups is 1. The fourth-order valence-electron chi connectivity index (χ4n) is 1.95. The second-order valence-corrected chi connectivity index (χ2v) is 4.94. The number of amides is 1. The summed E-state index contributed by atoms with van der Waals surface area (Å²) >= 11 is 6.01. The summed E-state index contributed by atoms with van der Waals surface area (Å²) in [5, 5.41) is 7.03. The Morgan fingerprint density at radius 2 is 2.05 bits per heavy atom. The van der Waals surface area contributed by atoms with E-state index >= 15 is 0 Å². The van der Waals surface area contributed by atoms with Crippen LogP contribution in [0.2, 0.25) is 5.15 Å². The van der Waals surface area contributed by atoms with E-state index in [0.29, 0.717) is 11.3 Å². The third kappa shape index (κ3) is 3.73. The lowest BCUT2D eigenvalue weighted by atomic mass is 10.2. The van der Waals surface area contributed by atoms with Gasteiger partial charge in [-0.25, -0.2) is 0 Å². The van der Waals surface area contributed by atoms with E-state index in [-0.39, 0.29) is 23.4 Å². The standard InChI is InChI=1S/C14H14ClF2N3O2/c1-8-11(12(15)20(2)19-8)13(21)18-7-9-3-5-10(6-4-9)22-14(16)17/h3-6,14H,7H2,1-2H3,(H,18,21). The first-order valence-corrected chi connectivity index (χ1v) is 6.77. The van der Waals surface area contributed by atoms with Crippen molar-refractivity contribution >= 4 is 17.5 Å². The van der Waals surface area contributed by atoms with Crippen LogP contribution in [0.25, 0.3) is 0 Å². The molecular weight excluding hydrogens is 316 g/mol. The van der Waals surface area contributed by atoms with Crippen LogP contribution in [0, 0.1) is 6.92 Å². The Bertz CT molecular complexity index is 671. The lowest BCUT2D eigenvalue weighted by Crippen LogP contribution is -2.23.